The van der Waals surface area contributed by atoms with Crippen molar-refractivity contribution in [3.05, 3.63) is 83.9 Å². The molecule has 3 N–H and O–H groups in total. The normalized spacial score (nSPS) is 11.1. The molecule has 0 aliphatic carbocycles. The highest BCUT2D eigenvalue weighted by Gasteiger charge is 2.25. The first-order valence-corrected chi connectivity index (χ1v) is 10.6. The second-order valence-corrected chi connectivity index (χ2v) is 8.21. The van der Waals surface area contributed by atoms with Gasteiger partial charge in [-0.1, -0.05) is 29.8 Å². The van der Waals surface area contributed by atoms with Gasteiger partial charge in [0.1, 0.15) is 16.9 Å². The third-order valence-electron chi connectivity index (χ3n) is 5.66. The predicted octanol–water partition coefficient (Wildman–Crippen LogP) is 4.78. The molecule has 1 amide bonds. The van der Waals surface area contributed by atoms with Gasteiger partial charge in [-0.25, -0.2) is 9.97 Å². The molecule has 0 saturated carbocycles. The van der Waals surface area contributed by atoms with Crippen LogP contribution in [0.15, 0.2) is 72.8 Å². The number of aromatic nitrogens is 3. The third-order valence-corrected chi connectivity index (χ3v) is 5.66. The Kier molecular flexibility index (Phi) is 4.94. The zero-order valence-corrected chi connectivity index (χ0v) is 18.7. The van der Waals surface area contributed by atoms with Gasteiger partial charge in [0.25, 0.3) is 5.91 Å². The summed E-state index contributed by atoms with van der Waals surface area (Å²) >= 11 is 0. The van der Waals surface area contributed by atoms with E-state index >= 15 is 0 Å². The van der Waals surface area contributed by atoms with Crippen LogP contribution in [0.5, 0.6) is 0 Å². The molecule has 0 radical (unpaired) electrons. The summed E-state index contributed by atoms with van der Waals surface area (Å²) in [5.74, 6) is -0.0304. The van der Waals surface area contributed by atoms with E-state index in [9.17, 15) is 4.79 Å². The number of aryl methyl sites for hydroxylation is 1. The topological polar surface area (TPSA) is 89.1 Å². The number of hydrogen-bond donors (Lipinski definition) is 2. The number of nitrogens with zero attached hydrogens (tertiary/aromatic N) is 4. The molecule has 2 aromatic heterocycles. The number of hydrogen-bond acceptors (Lipinski definition) is 5. The minimum Gasteiger partial charge on any atom is -0.384 e. The number of amides is 1. The smallest absolute Gasteiger partial charge is 0.261 e. The molecule has 0 spiro atoms. The summed E-state index contributed by atoms with van der Waals surface area (Å²) in [4.78, 5) is 25.0. The van der Waals surface area contributed by atoms with E-state index in [2.05, 4.69) is 5.32 Å². The fraction of sp³-hybridized carbons (Fsp3) is 0.115. The van der Waals surface area contributed by atoms with Crippen molar-refractivity contribution in [1.82, 2.24) is 14.5 Å². The van der Waals surface area contributed by atoms with Crippen molar-refractivity contribution in [2.45, 2.75) is 6.92 Å². The maximum atomic E-state index is 13.4. The number of anilines is 3. The SMILES string of the molecule is Cc1ccc(NC(=O)c2c(N)n(-c3ccc(N(C)C)cc3)c3nc4ccccc4nc23)cc1. The van der Waals surface area contributed by atoms with Crippen molar-refractivity contribution >= 4 is 45.3 Å². The summed E-state index contributed by atoms with van der Waals surface area (Å²) in [5, 5.41) is 2.95. The van der Waals surface area contributed by atoms with Crippen LogP contribution in [-0.4, -0.2) is 34.5 Å². The van der Waals surface area contributed by atoms with Crippen LogP contribution < -0.4 is 16.0 Å². The fourth-order valence-corrected chi connectivity index (χ4v) is 3.88. The molecule has 5 rings (SSSR count). The van der Waals surface area contributed by atoms with Crippen molar-refractivity contribution in [1.29, 1.82) is 0 Å². The Morgan fingerprint density at radius 1 is 0.909 bits per heavy atom. The maximum absolute atomic E-state index is 13.4. The summed E-state index contributed by atoms with van der Waals surface area (Å²) < 4.78 is 1.79. The van der Waals surface area contributed by atoms with E-state index in [4.69, 9.17) is 15.7 Å². The number of carbonyl (C=O) groups excluding carboxylic acids is 1. The number of para-hydroxylation sites is 2. The lowest BCUT2D eigenvalue weighted by molar-refractivity contribution is 0.102. The predicted molar refractivity (Wildman–Crippen MR) is 134 cm³/mol. The number of nitrogen functional groups attached to an aromatic ring is 1. The summed E-state index contributed by atoms with van der Waals surface area (Å²) in [5.41, 5.74) is 13.0. The van der Waals surface area contributed by atoms with Crippen LogP contribution in [0, 0.1) is 6.92 Å². The van der Waals surface area contributed by atoms with Gasteiger partial charge in [-0.3, -0.25) is 9.36 Å². The summed E-state index contributed by atoms with van der Waals surface area (Å²) in [6.07, 6.45) is 0. The first-order valence-electron chi connectivity index (χ1n) is 10.6. The van der Waals surface area contributed by atoms with Gasteiger partial charge in [0.15, 0.2) is 5.65 Å². The molecule has 0 atom stereocenters. The molecule has 33 heavy (non-hydrogen) atoms. The minimum atomic E-state index is -0.324. The number of nitrogens with one attached hydrogen (secondary N) is 1. The first kappa shape index (κ1) is 20.5. The Hall–Kier alpha value is -4.39. The molecule has 7 heteroatoms. The number of benzene rings is 3. The van der Waals surface area contributed by atoms with Crippen molar-refractivity contribution in [2.24, 2.45) is 0 Å². The van der Waals surface area contributed by atoms with E-state index in [1.807, 2.05) is 98.7 Å². The minimum absolute atomic E-state index is 0.294. The van der Waals surface area contributed by atoms with Gasteiger partial charge < -0.3 is 16.0 Å². The quantitative estimate of drug-likeness (QED) is 0.423. The number of nitrogens with two attached hydrogens (primary N) is 1. The molecule has 0 aliphatic heterocycles. The van der Waals surface area contributed by atoms with Crippen LogP contribution in [-0.2, 0) is 0 Å². The lowest BCUT2D eigenvalue weighted by Gasteiger charge is -2.14. The van der Waals surface area contributed by atoms with E-state index in [0.717, 1.165) is 22.5 Å². The Balaban J connectivity index is 1.71. The highest BCUT2D eigenvalue weighted by atomic mass is 16.1. The molecule has 3 aromatic carbocycles. The molecular weight excluding hydrogens is 412 g/mol. The Labute approximate surface area is 191 Å². The Morgan fingerprint density at radius 2 is 1.55 bits per heavy atom. The zero-order valence-electron chi connectivity index (χ0n) is 18.7. The number of carbonyl (C=O) groups is 1. The lowest BCUT2D eigenvalue weighted by Crippen LogP contribution is -2.14. The van der Waals surface area contributed by atoms with Gasteiger partial charge in [0.05, 0.1) is 11.0 Å². The molecule has 7 nitrogen and oxygen atoms in total. The van der Waals surface area contributed by atoms with Gasteiger partial charge in [-0.05, 0) is 55.5 Å². The van der Waals surface area contributed by atoms with E-state index in [1.165, 1.54) is 0 Å². The summed E-state index contributed by atoms with van der Waals surface area (Å²) in [6.45, 7) is 2.00. The summed E-state index contributed by atoms with van der Waals surface area (Å²) in [7, 11) is 3.97. The fourth-order valence-electron chi connectivity index (χ4n) is 3.88. The van der Waals surface area contributed by atoms with Gasteiger partial charge in [-0.15, -0.1) is 0 Å². The average Bonchev–Trinajstić information content (AvgIpc) is 3.09. The molecule has 0 aliphatic rings. The molecule has 0 saturated heterocycles. The second kappa shape index (κ2) is 7.94. The standard InChI is InChI=1S/C26H24N6O/c1-16-8-10-17(11-9-16)28-26(33)22-23-25(30-21-7-5-4-6-20(21)29-23)32(24(22)27)19-14-12-18(13-15-19)31(2)3/h4-15H,27H2,1-3H3,(H,28,33). The van der Waals surface area contributed by atoms with Gasteiger partial charge in [0, 0.05) is 31.2 Å². The lowest BCUT2D eigenvalue weighted by atomic mass is 10.2. The van der Waals surface area contributed by atoms with Gasteiger partial charge in [-0.2, -0.15) is 0 Å². The zero-order chi connectivity index (χ0) is 23.1. The van der Waals surface area contributed by atoms with Crippen LogP contribution >= 0.6 is 0 Å². The average molecular weight is 437 g/mol. The maximum Gasteiger partial charge on any atom is 0.261 e. The van der Waals surface area contributed by atoms with Crippen molar-refractivity contribution in [3.63, 3.8) is 0 Å². The number of rotatable bonds is 4. The van der Waals surface area contributed by atoms with Crippen molar-refractivity contribution in [3.8, 4) is 5.69 Å². The van der Waals surface area contributed by atoms with E-state index in [-0.39, 0.29) is 5.91 Å². The van der Waals surface area contributed by atoms with Crippen molar-refractivity contribution < 1.29 is 4.79 Å². The molecule has 0 fully saturated rings. The molecule has 2 heterocycles. The van der Waals surface area contributed by atoms with Crippen LogP contribution in [0.2, 0.25) is 0 Å². The largest absolute Gasteiger partial charge is 0.384 e. The molecular formula is C26H24N6O. The second-order valence-electron chi connectivity index (χ2n) is 8.21. The third kappa shape index (κ3) is 3.63. The van der Waals surface area contributed by atoms with Crippen LogP contribution in [0.1, 0.15) is 15.9 Å². The molecule has 0 unspecified atom stereocenters. The first-order chi connectivity index (χ1) is 15.9. The van der Waals surface area contributed by atoms with Crippen LogP contribution in [0.3, 0.4) is 0 Å². The highest BCUT2D eigenvalue weighted by molar-refractivity contribution is 6.16. The molecule has 5 aromatic rings. The number of fused-ring (bicyclic) bond motifs is 2. The molecule has 0 bridgehead atoms. The van der Waals surface area contributed by atoms with Gasteiger partial charge in [0.2, 0.25) is 0 Å². The van der Waals surface area contributed by atoms with Crippen molar-refractivity contribution in [2.75, 3.05) is 30.0 Å². The van der Waals surface area contributed by atoms with Crippen LogP contribution in [0.4, 0.5) is 17.2 Å². The van der Waals surface area contributed by atoms with E-state index in [0.29, 0.717) is 33.7 Å². The Bertz CT molecular complexity index is 1480. The highest BCUT2D eigenvalue weighted by Crippen LogP contribution is 2.32. The van der Waals surface area contributed by atoms with E-state index in [1.54, 1.807) is 4.57 Å². The molecule has 164 valence electrons. The van der Waals surface area contributed by atoms with Crippen LogP contribution in [0.25, 0.3) is 27.9 Å². The summed E-state index contributed by atoms with van der Waals surface area (Å²) in [6, 6.07) is 23.1. The van der Waals surface area contributed by atoms with Gasteiger partial charge >= 0.3 is 0 Å². The monoisotopic (exact) mass is 436 g/mol. The van der Waals surface area contributed by atoms with E-state index < -0.39 is 0 Å². The Morgan fingerprint density at radius 3 is 2.18 bits per heavy atom.